The molecule has 1 rings (SSSR count). The van der Waals surface area contributed by atoms with Gasteiger partial charge in [-0.25, -0.2) is 0 Å². The second-order valence-electron chi connectivity index (χ2n) is 5.63. The fourth-order valence-corrected chi connectivity index (χ4v) is 2.78. The molecule has 0 aromatic carbocycles. The van der Waals surface area contributed by atoms with Crippen molar-refractivity contribution in [2.24, 2.45) is 5.92 Å². The van der Waals surface area contributed by atoms with Gasteiger partial charge in [-0.05, 0) is 39.5 Å². The third-order valence-corrected chi connectivity index (χ3v) is 3.76. The van der Waals surface area contributed by atoms with E-state index in [1.165, 1.54) is 32.1 Å². The van der Waals surface area contributed by atoms with Crippen LogP contribution in [0, 0.1) is 5.92 Å². The molecule has 0 heterocycles. The van der Waals surface area contributed by atoms with E-state index in [0.717, 1.165) is 25.1 Å². The van der Waals surface area contributed by atoms with Crippen LogP contribution in [0.4, 0.5) is 0 Å². The Hall–Kier alpha value is -0.0800. The summed E-state index contributed by atoms with van der Waals surface area (Å²) in [6, 6.07) is 0.721. The Balaban J connectivity index is 2.34. The molecule has 0 aromatic heterocycles. The molecule has 1 N–H and O–H groups in total. The van der Waals surface area contributed by atoms with Gasteiger partial charge in [0.25, 0.3) is 0 Å². The highest BCUT2D eigenvalue weighted by molar-refractivity contribution is 4.83. The number of hydrogen-bond donors (Lipinski definition) is 1. The molecule has 0 amide bonds. The lowest BCUT2D eigenvalue weighted by molar-refractivity contribution is -0.0128. The van der Waals surface area contributed by atoms with Gasteiger partial charge in [0.05, 0.1) is 5.60 Å². The van der Waals surface area contributed by atoms with Crippen molar-refractivity contribution in [3.8, 4) is 0 Å². The molecule has 0 radical (unpaired) electrons. The van der Waals surface area contributed by atoms with E-state index < -0.39 is 0 Å². The molecule has 2 unspecified atom stereocenters. The largest absolute Gasteiger partial charge is 0.375 e. The van der Waals surface area contributed by atoms with Gasteiger partial charge >= 0.3 is 0 Å². The molecule has 1 aliphatic carbocycles. The van der Waals surface area contributed by atoms with Crippen LogP contribution in [0.5, 0.6) is 0 Å². The molecule has 2 heteroatoms. The van der Waals surface area contributed by atoms with Crippen molar-refractivity contribution < 1.29 is 4.74 Å². The minimum Gasteiger partial charge on any atom is -0.375 e. The van der Waals surface area contributed by atoms with Gasteiger partial charge in [0.2, 0.25) is 0 Å². The first-order valence-corrected chi connectivity index (χ1v) is 6.96. The van der Waals surface area contributed by atoms with E-state index >= 15 is 0 Å². The first kappa shape index (κ1) is 14.0. The van der Waals surface area contributed by atoms with E-state index in [-0.39, 0.29) is 5.60 Å². The molecule has 96 valence electrons. The van der Waals surface area contributed by atoms with Crippen molar-refractivity contribution in [3.63, 3.8) is 0 Å². The highest BCUT2D eigenvalue weighted by Gasteiger charge is 2.26. The summed E-state index contributed by atoms with van der Waals surface area (Å²) in [6.07, 6.45) is 6.88. The van der Waals surface area contributed by atoms with Gasteiger partial charge in [-0.3, -0.25) is 0 Å². The molecule has 2 atom stereocenters. The summed E-state index contributed by atoms with van der Waals surface area (Å²) >= 11 is 0. The summed E-state index contributed by atoms with van der Waals surface area (Å²) < 4.78 is 5.73. The van der Waals surface area contributed by atoms with Crippen LogP contribution in [-0.2, 0) is 4.74 Å². The quantitative estimate of drug-likeness (QED) is 0.751. The fraction of sp³-hybridized carbons (Fsp3) is 1.00. The van der Waals surface area contributed by atoms with Crippen LogP contribution in [0.1, 0.15) is 59.8 Å². The Morgan fingerprint density at radius 2 is 1.88 bits per heavy atom. The van der Waals surface area contributed by atoms with Crippen molar-refractivity contribution in [3.05, 3.63) is 0 Å². The van der Waals surface area contributed by atoms with Crippen LogP contribution in [0.2, 0.25) is 0 Å². The van der Waals surface area contributed by atoms with Gasteiger partial charge in [0.1, 0.15) is 0 Å². The molecule has 0 saturated heterocycles. The Morgan fingerprint density at radius 3 is 2.50 bits per heavy atom. The molecule has 1 aliphatic rings. The first-order chi connectivity index (χ1) is 7.59. The van der Waals surface area contributed by atoms with E-state index in [1.807, 2.05) is 0 Å². The van der Waals surface area contributed by atoms with Crippen molar-refractivity contribution >= 4 is 0 Å². The molecule has 16 heavy (non-hydrogen) atoms. The minimum absolute atomic E-state index is 0.0233. The Kier molecular flexibility index (Phi) is 5.77. The molecular formula is C14H29NO. The van der Waals surface area contributed by atoms with Gasteiger partial charge in [0, 0.05) is 19.2 Å². The normalized spacial score (nSPS) is 27.0. The second-order valence-corrected chi connectivity index (χ2v) is 5.63. The molecule has 0 bridgehead atoms. The standard InChI is InChI=1S/C14H29NO/c1-5-12-9-7-8-10-13(12)15-11-14(3,4)16-6-2/h12-13,15H,5-11H2,1-4H3. The lowest BCUT2D eigenvalue weighted by atomic mass is 9.82. The maximum atomic E-state index is 5.73. The topological polar surface area (TPSA) is 21.3 Å². The molecule has 0 spiro atoms. The average molecular weight is 227 g/mol. The summed E-state index contributed by atoms with van der Waals surface area (Å²) in [5.74, 6) is 0.881. The number of rotatable bonds is 6. The Labute approximate surface area is 101 Å². The highest BCUT2D eigenvalue weighted by atomic mass is 16.5. The zero-order chi connectivity index (χ0) is 12.0. The van der Waals surface area contributed by atoms with E-state index in [0.29, 0.717) is 0 Å². The SMILES string of the molecule is CCOC(C)(C)CNC1CCCCC1CC. The number of hydrogen-bond acceptors (Lipinski definition) is 2. The van der Waals surface area contributed by atoms with Crippen molar-refractivity contribution in [1.29, 1.82) is 0 Å². The minimum atomic E-state index is -0.0233. The number of nitrogens with one attached hydrogen (secondary N) is 1. The maximum absolute atomic E-state index is 5.73. The van der Waals surface area contributed by atoms with Crippen LogP contribution in [0.25, 0.3) is 0 Å². The number of ether oxygens (including phenoxy) is 1. The summed E-state index contributed by atoms with van der Waals surface area (Å²) in [6.45, 7) is 10.5. The summed E-state index contributed by atoms with van der Waals surface area (Å²) in [4.78, 5) is 0. The van der Waals surface area contributed by atoms with Gasteiger partial charge in [0.15, 0.2) is 0 Å². The van der Waals surface area contributed by atoms with Crippen molar-refractivity contribution in [2.45, 2.75) is 71.4 Å². The van der Waals surface area contributed by atoms with Crippen LogP contribution >= 0.6 is 0 Å². The summed E-state index contributed by atoms with van der Waals surface area (Å²) in [7, 11) is 0. The molecule has 0 aromatic rings. The molecule has 0 aliphatic heterocycles. The van der Waals surface area contributed by atoms with Gasteiger partial charge in [-0.15, -0.1) is 0 Å². The van der Waals surface area contributed by atoms with Gasteiger partial charge in [-0.2, -0.15) is 0 Å². The monoisotopic (exact) mass is 227 g/mol. The lowest BCUT2D eigenvalue weighted by Crippen LogP contribution is -2.46. The smallest absolute Gasteiger partial charge is 0.0750 e. The van der Waals surface area contributed by atoms with Gasteiger partial charge < -0.3 is 10.1 Å². The molecular weight excluding hydrogens is 198 g/mol. The third kappa shape index (κ3) is 4.42. The van der Waals surface area contributed by atoms with Gasteiger partial charge in [-0.1, -0.05) is 26.2 Å². The Bertz CT molecular complexity index is 191. The summed E-state index contributed by atoms with van der Waals surface area (Å²) in [5.41, 5.74) is -0.0233. The first-order valence-electron chi connectivity index (χ1n) is 6.96. The highest BCUT2D eigenvalue weighted by Crippen LogP contribution is 2.27. The van der Waals surface area contributed by atoms with E-state index in [1.54, 1.807) is 0 Å². The van der Waals surface area contributed by atoms with Crippen LogP contribution < -0.4 is 5.32 Å². The molecule has 1 saturated carbocycles. The molecule has 1 fully saturated rings. The van der Waals surface area contributed by atoms with E-state index in [2.05, 4.69) is 33.0 Å². The third-order valence-electron chi connectivity index (χ3n) is 3.76. The molecule has 2 nitrogen and oxygen atoms in total. The average Bonchev–Trinajstić information content (AvgIpc) is 2.27. The lowest BCUT2D eigenvalue weighted by Gasteiger charge is -2.35. The van der Waals surface area contributed by atoms with Crippen molar-refractivity contribution in [2.75, 3.05) is 13.2 Å². The van der Waals surface area contributed by atoms with Crippen LogP contribution in [-0.4, -0.2) is 24.8 Å². The second kappa shape index (κ2) is 6.61. The van der Waals surface area contributed by atoms with E-state index in [4.69, 9.17) is 4.74 Å². The van der Waals surface area contributed by atoms with Crippen molar-refractivity contribution in [1.82, 2.24) is 5.32 Å². The van der Waals surface area contributed by atoms with Crippen LogP contribution in [0.15, 0.2) is 0 Å². The maximum Gasteiger partial charge on any atom is 0.0750 e. The van der Waals surface area contributed by atoms with E-state index in [9.17, 15) is 0 Å². The summed E-state index contributed by atoms with van der Waals surface area (Å²) in [5, 5.41) is 3.72. The predicted octanol–water partition coefficient (Wildman–Crippen LogP) is 3.36. The Morgan fingerprint density at radius 1 is 1.19 bits per heavy atom. The zero-order valence-corrected chi connectivity index (χ0v) is 11.5. The fourth-order valence-electron chi connectivity index (χ4n) is 2.78. The zero-order valence-electron chi connectivity index (χ0n) is 11.5. The van der Waals surface area contributed by atoms with Crippen LogP contribution in [0.3, 0.4) is 0 Å². The predicted molar refractivity (Wildman–Crippen MR) is 69.7 cm³/mol.